The molecule has 15 heavy (non-hydrogen) atoms. The number of amidine groups is 1. The fourth-order valence-electron chi connectivity index (χ4n) is 0.724. The predicted octanol–water partition coefficient (Wildman–Crippen LogP) is -0.0191. The molecule has 0 fully saturated rings. The lowest BCUT2D eigenvalue weighted by atomic mass is 10.5. The third kappa shape index (κ3) is 11.1. The van der Waals surface area contributed by atoms with Crippen LogP contribution in [0.5, 0.6) is 0 Å². The Kier molecular flexibility index (Phi) is 9.24. The summed E-state index contributed by atoms with van der Waals surface area (Å²) in [5.74, 6) is 0.687. The van der Waals surface area contributed by atoms with Gasteiger partial charge in [-0.15, -0.1) is 0 Å². The van der Waals surface area contributed by atoms with Gasteiger partial charge >= 0.3 is 0 Å². The van der Waals surface area contributed by atoms with Gasteiger partial charge in [0.25, 0.3) is 0 Å². The van der Waals surface area contributed by atoms with Crippen molar-refractivity contribution in [3.8, 4) is 0 Å². The normalized spacial score (nSPS) is 9.93. The number of hydrogen-bond acceptors (Lipinski definition) is 4. The molecule has 0 aromatic carbocycles. The molecule has 0 spiro atoms. The molecule has 0 amide bonds. The van der Waals surface area contributed by atoms with E-state index in [1.54, 1.807) is 7.11 Å². The van der Waals surface area contributed by atoms with Crippen LogP contribution in [0.25, 0.3) is 0 Å². The van der Waals surface area contributed by atoms with E-state index in [1.165, 1.54) is 11.8 Å². The minimum atomic E-state index is -0.0798. The van der Waals surface area contributed by atoms with E-state index in [0.717, 1.165) is 12.2 Å². The summed E-state index contributed by atoms with van der Waals surface area (Å²) in [6.07, 6.45) is 0.858. The zero-order valence-corrected chi connectivity index (χ0v) is 9.68. The first kappa shape index (κ1) is 14.2. The summed E-state index contributed by atoms with van der Waals surface area (Å²) in [5, 5.41) is 7.45. The molecule has 0 rings (SSSR count). The van der Waals surface area contributed by atoms with E-state index in [2.05, 4.69) is 4.99 Å². The van der Waals surface area contributed by atoms with Gasteiger partial charge in [0.1, 0.15) is 0 Å². The van der Waals surface area contributed by atoms with E-state index in [0.29, 0.717) is 19.8 Å². The molecule has 6 nitrogen and oxygen atoms in total. The second kappa shape index (κ2) is 9.75. The van der Waals surface area contributed by atoms with E-state index >= 15 is 0 Å². The van der Waals surface area contributed by atoms with Crippen LogP contribution in [-0.4, -0.2) is 43.8 Å². The van der Waals surface area contributed by atoms with Crippen molar-refractivity contribution in [2.75, 3.05) is 32.7 Å². The fraction of sp³-hybridized carbons (Fsp3) is 0.750. The maximum Gasteiger partial charge on any atom is 0.193 e. The number of rotatable bonds is 7. The fourth-order valence-corrected chi connectivity index (χ4v) is 1.35. The number of ether oxygens (including phenoxy) is 2. The van der Waals surface area contributed by atoms with E-state index in [4.69, 9.17) is 26.4 Å². The topological polar surface area (TPSA) is 107 Å². The summed E-state index contributed by atoms with van der Waals surface area (Å²) >= 11 is 1.29. The number of nitrogens with one attached hydrogen (secondary N) is 1. The SMILES string of the molecule is COCCOCCCSC(=N)N=C(N)N. The summed E-state index contributed by atoms with van der Waals surface area (Å²) in [4.78, 5) is 3.58. The minimum Gasteiger partial charge on any atom is -0.382 e. The van der Waals surface area contributed by atoms with Gasteiger partial charge < -0.3 is 20.9 Å². The van der Waals surface area contributed by atoms with Crippen LogP contribution in [0.2, 0.25) is 0 Å². The van der Waals surface area contributed by atoms with Crippen LogP contribution in [0.1, 0.15) is 6.42 Å². The summed E-state index contributed by atoms with van der Waals surface area (Å²) in [6, 6.07) is 0. The highest BCUT2D eigenvalue weighted by Gasteiger charge is 1.96. The van der Waals surface area contributed by atoms with Crippen LogP contribution in [0.15, 0.2) is 4.99 Å². The number of aliphatic imine (C=N–C) groups is 1. The predicted molar refractivity (Wildman–Crippen MR) is 63.3 cm³/mol. The number of nitrogens with two attached hydrogens (primary N) is 2. The average Bonchev–Trinajstić information content (AvgIpc) is 2.15. The third-order valence-electron chi connectivity index (χ3n) is 1.33. The Morgan fingerprint density at radius 2 is 2.07 bits per heavy atom. The molecule has 0 bridgehead atoms. The molecule has 0 atom stereocenters. The molecule has 88 valence electrons. The third-order valence-corrected chi connectivity index (χ3v) is 2.19. The van der Waals surface area contributed by atoms with Crippen molar-refractivity contribution in [1.82, 2.24) is 0 Å². The Bertz CT molecular complexity index is 207. The van der Waals surface area contributed by atoms with Gasteiger partial charge in [0.15, 0.2) is 11.1 Å². The van der Waals surface area contributed by atoms with Gasteiger partial charge in [-0.25, -0.2) is 0 Å². The van der Waals surface area contributed by atoms with E-state index in [9.17, 15) is 0 Å². The molecule has 0 saturated carbocycles. The van der Waals surface area contributed by atoms with Crippen molar-refractivity contribution in [2.45, 2.75) is 6.42 Å². The lowest BCUT2D eigenvalue weighted by Crippen LogP contribution is -2.23. The summed E-state index contributed by atoms with van der Waals surface area (Å²) in [6.45, 7) is 1.87. The highest BCUT2D eigenvalue weighted by molar-refractivity contribution is 8.13. The van der Waals surface area contributed by atoms with Crippen LogP contribution >= 0.6 is 11.8 Å². The Morgan fingerprint density at radius 1 is 1.33 bits per heavy atom. The van der Waals surface area contributed by atoms with E-state index < -0.39 is 0 Å². The molecule has 0 aliphatic heterocycles. The van der Waals surface area contributed by atoms with Gasteiger partial charge in [-0.3, -0.25) is 5.41 Å². The number of thioether (sulfide) groups is 1. The van der Waals surface area contributed by atoms with Crippen molar-refractivity contribution in [3.63, 3.8) is 0 Å². The van der Waals surface area contributed by atoms with Gasteiger partial charge in [0, 0.05) is 19.5 Å². The highest BCUT2D eigenvalue weighted by atomic mass is 32.2. The monoisotopic (exact) mass is 234 g/mol. The zero-order chi connectivity index (χ0) is 11.5. The molecule has 0 radical (unpaired) electrons. The van der Waals surface area contributed by atoms with Crippen molar-refractivity contribution >= 4 is 22.9 Å². The molecule has 7 heteroatoms. The first-order valence-electron chi connectivity index (χ1n) is 4.54. The maximum absolute atomic E-state index is 7.32. The smallest absolute Gasteiger partial charge is 0.193 e. The first-order valence-corrected chi connectivity index (χ1v) is 5.53. The Hall–Kier alpha value is -0.790. The van der Waals surface area contributed by atoms with E-state index in [-0.39, 0.29) is 11.1 Å². The second-order valence-electron chi connectivity index (χ2n) is 2.65. The lowest BCUT2D eigenvalue weighted by Gasteiger charge is -2.02. The standard InChI is InChI=1S/C8H18N4O2S/c1-13-4-5-14-3-2-6-15-8(11)12-7(9)10/h2-6H2,1H3,(H5,9,10,11,12). The Balaban J connectivity index is 3.24. The molecule has 5 N–H and O–H groups in total. The first-order chi connectivity index (χ1) is 7.16. The zero-order valence-electron chi connectivity index (χ0n) is 8.86. The van der Waals surface area contributed by atoms with Crippen LogP contribution in [0.4, 0.5) is 0 Å². The summed E-state index contributed by atoms with van der Waals surface area (Å²) in [7, 11) is 1.63. The molecule has 0 aliphatic carbocycles. The van der Waals surface area contributed by atoms with Crippen LogP contribution in [0.3, 0.4) is 0 Å². The molecular formula is C8H18N4O2S. The van der Waals surface area contributed by atoms with Crippen LogP contribution in [0, 0.1) is 5.41 Å². The van der Waals surface area contributed by atoms with Crippen LogP contribution < -0.4 is 11.5 Å². The summed E-state index contributed by atoms with van der Waals surface area (Å²) in [5.41, 5.74) is 10.2. The minimum absolute atomic E-state index is 0.0798. The van der Waals surface area contributed by atoms with Gasteiger partial charge in [-0.05, 0) is 6.42 Å². The average molecular weight is 234 g/mol. The second-order valence-corrected chi connectivity index (χ2v) is 3.73. The molecule has 0 unspecified atom stereocenters. The largest absolute Gasteiger partial charge is 0.382 e. The molecular weight excluding hydrogens is 216 g/mol. The van der Waals surface area contributed by atoms with Crippen LogP contribution in [-0.2, 0) is 9.47 Å². The lowest BCUT2D eigenvalue weighted by molar-refractivity contribution is 0.0714. The molecule has 0 heterocycles. The summed E-state index contributed by atoms with van der Waals surface area (Å²) < 4.78 is 10.1. The van der Waals surface area contributed by atoms with Gasteiger partial charge in [-0.1, -0.05) is 11.8 Å². The Labute approximate surface area is 93.9 Å². The number of guanidine groups is 1. The number of hydrogen-bond donors (Lipinski definition) is 3. The van der Waals surface area contributed by atoms with Crippen molar-refractivity contribution < 1.29 is 9.47 Å². The molecule has 0 saturated heterocycles. The van der Waals surface area contributed by atoms with Gasteiger partial charge in [0.2, 0.25) is 0 Å². The number of methoxy groups -OCH3 is 1. The quantitative estimate of drug-likeness (QED) is 0.326. The van der Waals surface area contributed by atoms with E-state index in [1.807, 2.05) is 0 Å². The number of nitrogens with zero attached hydrogens (tertiary/aromatic N) is 1. The molecule has 0 aliphatic rings. The Morgan fingerprint density at radius 3 is 2.67 bits per heavy atom. The van der Waals surface area contributed by atoms with Gasteiger partial charge in [-0.2, -0.15) is 4.99 Å². The highest BCUT2D eigenvalue weighted by Crippen LogP contribution is 2.05. The van der Waals surface area contributed by atoms with Crippen molar-refractivity contribution in [2.24, 2.45) is 16.5 Å². The molecule has 0 aromatic rings. The van der Waals surface area contributed by atoms with Crippen molar-refractivity contribution in [1.29, 1.82) is 5.41 Å². The maximum atomic E-state index is 7.32. The van der Waals surface area contributed by atoms with Crippen molar-refractivity contribution in [3.05, 3.63) is 0 Å². The molecule has 0 aromatic heterocycles. The van der Waals surface area contributed by atoms with Gasteiger partial charge in [0.05, 0.1) is 13.2 Å².